The molecule has 29 heavy (non-hydrogen) atoms. The number of amides is 1. The number of ether oxygens (including phenoxy) is 3. The van der Waals surface area contributed by atoms with Crippen LogP contribution in [0.15, 0.2) is 66.7 Å². The van der Waals surface area contributed by atoms with Gasteiger partial charge >= 0.3 is 0 Å². The third-order valence-corrected chi connectivity index (χ3v) is 4.25. The predicted octanol–water partition coefficient (Wildman–Crippen LogP) is 5.10. The summed E-state index contributed by atoms with van der Waals surface area (Å²) < 4.78 is 16.1. The monoisotopic (exact) mass is 392 g/mol. The fourth-order valence-corrected chi connectivity index (χ4v) is 2.82. The molecule has 150 valence electrons. The summed E-state index contributed by atoms with van der Waals surface area (Å²) in [4.78, 5) is 12.5. The van der Waals surface area contributed by atoms with Crippen LogP contribution in [-0.4, -0.2) is 26.7 Å². The molecule has 0 heterocycles. The van der Waals surface area contributed by atoms with Gasteiger partial charge in [-0.15, -0.1) is 0 Å². The van der Waals surface area contributed by atoms with Crippen LogP contribution in [0.4, 0.5) is 17.1 Å². The Morgan fingerprint density at radius 1 is 0.828 bits per heavy atom. The van der Waals surface area contributed by atoms with Crippen molar-refractivity contribution in [2.75, 3.05) is 31.5 Å². The van der Waals surface area contributed by atoms with Crippen LogP contribution in [0.2, 0.25) is 0 Å². The van der Waals surface area contributed by atoms with E-state index in [0.717, 1.165) is 17.1 Å². The second kappa shape index (κ2) is 9.50. The number of methoxy groups -OCH3 is 2. The summed E-state index contributed by atoms with van der Waals surface area (Å²) >= 11 is 0. The Balaban J connectivity index is 1.69. The Morgan fingerprint density at radius 3 is 2.21 bits per heavy atom. The topological polar surface area (TPSA) is 68.8 Å². The average molecular weight is 392 g/mol. The second-order valence-electron chi connectivity index (χ2n) is 6.16. The maximum absolute atomic E-state index is 12.5. The van der Waals surface area contributed by atoms with Crippen molar-refractivity contribution in [1.29, 1.82) is 0 Å². The Hall–Kier alpha value is -3.67. The lowest BCUT2D eigenvalue weighted by atomic mass is 10.1. The molecular weight excluding hydrogens is 368 g/mol. The van der Waals surface area contributed by atoms with Crippen LogP contribution < -0.4 is 24.8 Å². The lowest BCUT2D eigenvalue weighted by Crippen LogP contribution is -2.12. The van der Waals surface area contributed by atoms with Crippen LogP contribution in [0.5, 0.6) is 17.2 Å². The largest absolute Gasteiger partial charge is 0.493 e. The van der Waals surface area contributed by atoms with Crippen molar-refractivity contribution >= 4 is 23.0 Å². The summed E-state index contributed by atoms with van der Waals surface area (Å²) in [6.45, 7) is 2.55. The zero-order valence-electron chi connectivity index (χ0n) is 16.7. The Labute approximate surface area is 170 Å². The quantitative estimate of drug-likeness (QED) is 0.558. The molecule has 0 aromatic heterocycles. The first kappa shape index (κ1) is 20.1. The first-order valence-corrected chi connectivity index (χ1v) is 9.27. The van der Waals surface area contributed by atoms with E-state index in [4.69, 9.17) is 14.2 Å². The molecule has 0 atom stereocenters. The van der Waals surface area contributed by atoms with Gasteiger partial charge in [0.05, 0.1) is 26.5 Å². The van der Waals surface area contributed by atoms with E-state index < -0.39 is 0 Å². The summed E-state index contributed by atoms with van der Waals surface area (Å²) in [6, 6.07) is 20.3. The number of hydrogen-bond acceptors (Lipinski definition) is 5. The highest BCUT2D eigenvalue weighted by Gasteiger charge is 2.11. The van der Waals surface area contributed by atoms with Crippen LogP contribution >= 0.6 is 0 Å². The molecule has 0 aliphatic heterocycles. The first-order chi connectivity index (χ1) is 14.1. The van der Waals surface area contributed by atoms with Gasteiger partial charge in [0.2, 0.25) is 0 Å². The van der Waals surface area contributed by atoms with Crippen LogP contribution in [-0.2, 0) is 0 Å². The van der Waals surface area contributed by atoms with Crippen molar-refractivity contribution < 1.29 is 19.0 Å². The average Bonchev–Trinajstić information content (AvgIpc) is 2.76. The normalized spacial score (nSPS) is 10.2. The third kappa shape index (κ3) is 4.99. The number of para-hydroxylation sites is 2. The Bertz CT molecular complexity index is 971. The van der Waals surface area contributed by atoms with Crippen LogP contribution in [0.1, 0.15) is 17.3 Å². The predicted molar refractivity (Wildman–Crippen MR) is 115 cm³/mol. The van der Waals surface area contributed by atoms with Crippen LogP contribution in [0, 0.1) is 0 Å². The summed E-state index contributed by atoms with van der Waals surface area (Å²) in [5.41, 5.74) is 2.95. The number of rotatable bonds is 8. The highest BCUT2D eigenvalue weighted by molar-refractivity contribution is 6.04. The molecule has 0 aliphatic rings. The minimum absolute atomic E-state index is 0.228. The molecular formula is C23H24N2O4. The van der Waals surface area contributed by atoms with E-state index in [1.165, 1.54) is 7.11 Å². The van der Waals surface area contributed by atoms with Crippen molar-refractivity contribution in [2.45, 2.75) is 6.92 Å². The smallest absolute Gasteiger partial charge is 0.255 e. The molecule has 6 heteroatoms. The van der Waals surface area contributed by atoms with E-state index in [0.29, 0.717) is 29.4 Å². The second-order valence-corrected chi connectivity index (χ2v) is 6.16. The van der Waals surface area contributed by atoms with Crippen molar-refractivity contribution in [1.82, 2.24) is 0 Å². The molecule has 0 saturated carbocycles. The number of nitrogens with one attached hydrogen (secondary N) is 2. The fourth-order valence-electron chi connectivity index (χ4n) is 2.82. The Morgan fingerprint density at radius 2 is 1.52 bits per heavy atom. The maximum Gasteiger partial charge on any atom is 0.255 e. The van der Waals surface area contributed by atoms with Crippen molar-refractivity contribution in [3.05, 3.63) is 72.3 Å². The van der Waals surface area contributed by atoms with Gasteiger partial charge < -0.3 is 24.8 Å². The maximum atomic E-state index is 12.5. The van der Waals surface area contributed by atoms with Gasteiger partial charge in [-0.3, -0.25) is 4.79 Å². The summed E-state index contributed by atoms with van der Waals surface area (Å²) in [5.74, 6) is 1.65. The first-order valence-electron chi connectivity index (χ1n) is 9.27. The summed E-state index contributed by atoms with van der Waals surface area (Å²) in [6.07, 6.45) is 0. The molecule has 3 aromatic rings. The van der Waals surface area contributed by atoms with Crippen LogP contribution in [0.25, 0.3) is 0 Å². The summed E-state index contributed by atoms with van der Waals surface area (Å²) in [5, 5.41) is 6.21. The number of carbonyl (C=O) groups excluding carboxylic acids is 1. The minimum Gasteiger partial charge on any atom is -0.493 e. The van der Waals surface area contributed by atoms with Gasteiger partial charge in [0.1, 0.15) is 5.75 Å². The lowest BCUT2D eigenvalue weighted by Gasteiger charge is -2.13. The van der Waals surface area contributed by atoms with E-state index in [2.05, 4.69) is 10.6 Å². The molecule has 0 spiro atoms. The number of carbonyl (C=O) groups is 1. The number of anilines is 3. The third-order valence-electron chi connectivity index (χ3n) is 4.25. The zero-order chi connectivity index (χ0) is 20.6. The van der Waals surface area contributed by atoms with Gasteiger partial charge in [0.15, 0.2) is 11.5 Å². The van der Waals surface area contributed by atoms with Gasteiger partial charge in [-0.25, -0.2) is 0 Å². The molecule has 3 rings (SSSR count). The van der Waals surface area contributed by atoms with Crippen molar-refractivity contribution in [2.24, 2.45) is 0 Å². The molecule has 0 unspecified atom stereocenters. The van der Waals surface area contributed by atoms with Crippen molar-refractivity contribution in [3.8, 4) is 17.2 Å². The summed E-state index contributed by atoms with van der Waals surface area (Å²) in [7, 11) is 3.09. The standard InChI is InChI=1S/C23H24N2O4/c1-4-29-20-8-6-5-7-19(20)24-17-10-12-18(13-11-17)25-23(26)16-9-14-21(27-2)22(15-16)28-3/h5-15,24H,4H2,1-3H3,(H,25,26). The van der Waals surface area contributed by atoms with E-state index in [9.17, 15) is 4.79 Å². The number of hydrogen-bond donors (Lipinski definition) is 2. The molecule has 1 amide bonds. The van der Waals surface area contributed by atoms with E-state index in [1.54, 1.807) is 25.3 Å². The molecule has 0 saturated heterocycles. The van der Waals surface area contributed by atoms with Gasteiger partial charge in [-0.2, -0.15) is 0 Å². The highest BCUT2D eigenvalue weighted by atomic mass is 16.5. The van der Waals surface area contributed by atoms with Gasteiger partial charge in [-0.05, 0) is 61.5 Å². The lowest BCUT2D eigenvalue weighted by molar-refractivity contribution is 0.102. The zero-order valence-corrected chi connectivity index (χ0v) is 16.7. The highest BCUT2D eigenvalue weighted by Crippen LogP contribution is 2.29. The van der Waals surface area contributed by atoms with E-state index in [-0.39, 0.29) is 5.91 Å². The molecule has 0 fully saturated rings. The minimum atomic E-state index is -0.228. The van der Waals surface area contributed by atoms with Gasteiger partial charge in [0.25, 0.3) is 5.91 Å². The van der Waals surface area contributed by atoms with Crippen molar-refractivity contribution in [3.63, 3.8) is 0 Å². The SMILES string of the molecule is CCOc1ccccc1Nc1ccc(NC(=O)c2ccc(OC)c(OC)c2)cc1. The van der Waals surface area contributed by atoms with Gasteiger partial charge in [-0.1, -0.05) is 12.1 Å². The molecule has 6 nitrogen and oxygen atoms in total. The molecule has 3 aromatic carbocycles. The number of benzene rings is 3. The molecule has 0 bridgehead atoms. The fraction of sp³-hybridized carbons (Fsp3) is 0.174. The van der Waals surface area contributed by atoms with E-state index in [1.807, 2.05) is 55.5 Å². The Kier molecular flexibility index (Phi) is 6.58. The molecule has 0 aliphatic carbocycles. The van der Waals surface area contributed by atoms with E-state index >= 15 is 0 Å². The molecule has 2 N–H and O–H groups in total. The van der Waals surface area contributed by atoms with Crippen LogP contribution in [0.3, 0.4) is 0 Å². The molecule has 0 radical (unpaired) electrons. The van der Waals surface area contributed by atoms with Gasteiger partial charge in [0, 0.05) is 16.9 Å².